The Morgan fingerprint density at radius 3 is 2.21 bits per heavy atom. The van der Waals surface area contributed by atoms with E-state index in [2.05, 4.69) is 17.4 Å². The molecule has 0 aliphatic heterocycles. The quantitative estimate of drug-likeness (QED) is 0.713. The molecule has 2 aromatic rings. The highest BCUT2D eigenvalue weighted by Gasteiger charge is 2.56. The Morgan fingerprint density at radius 1 is 0.929 bits per heavy atom. The molecular weight excluding hydrogens is 370 g/mol. The topological polar surface area (TPSA) is 41.5 Å². The SMILES string of the molecule is OC12CC3CC(C1)CC(NCc1ccc(OCc4ccc(Cl)cc4)cc1)(C3)C2. The summed E-state index contributed by atoms with van der Waals surface area (Å²) in [6.45, 7) is 1.40. The summed E-state index contributed by atoms with van der Waals surface area (Å²) >= 11 is 5.92. The average molecular weight is 398 g/mol. The highest BCUT2D eigenvalue weighted by molar-refractivity contribution is 6.30. The number of aliphatic hydroxyl groups is 1. The molecule has 4 aliphatic carbocycles. The molecule has 4 saturated carbocycles. The van der Waals surface area contributed by atoms with Crippen molar-refractivity contribution < 1.29 is 9.84 Å². The van der Waals surface area contributed by atoms with Crippen LogP contribution in [0.15, 0.2) is 48.5 Å². The first-order chi connectivity index (χ1) is 13.5. The van der Waals surface area contributed by atoms with Crippen LogP contribution in [0, 0.1) is 11.8 Å². The molecule has 2 unspecified atom stereocenters. The molecule has 4 aliphatic rings. The Bertz CT molecular complexity index is 819. The second kappa shape index (κ2) is 7.05. The van der Waals surface area contributed by atoms with Crippen molar-refractivity contribution in [2.24, 2.45) is 11.8 Å². The van der Waals surface area contributed by atoms with E-state index in [0.29, 0.717) is 18.4 Å². The number of hydrogen-bond donors (Lipinski definition) is 2. The Balaban J connectivity index is 1.17. The highest BCUT2D eigenvalue weighted by atomic mass is 35.5. The number of benzene rings is 2. The van der Waals surface area contributed by atoms with Crippen molar-refractivity contribution in [2.75, 3.05) is 0 Å². The van der Waals surface area contributed by atoms with Crippen molar-refractivity contribution in [1.29, 1.82) is 0 Å². The Labute approximate surface area is 172 Å². The van der Waals surface area contributed by atoms with Gasteiger partial charge in [-0.25, -0.2) is 0 Å². The van der Waals surface area contributed by atoms with Gasteiger partial charge in [0.1, 0.15) is 12.4 Å². The number of halogens is 1. The fourth-order valence-electron chi connectivity index (χ4n) is 6.16. The van der Waals surface area contributed by atoms with Crippen LogP contribution in [0.25, 0.3) is 0 Å². The summed E-state index contributed by atoms with van der Waals surface area (Å²) in [5, 5.41) is 15.5. The van der Waals surface area contributed by atoms with E-state index in [9.17, 15) is 5.11 Å². The first-order valence-electron chi connectivity index (χ1n) is 10.4. The molecule has 4 fully saturated rings. The summed E-state index contributed by atoms with van der Waals surface area (Å²) in [6, 6.07) is 16.1. The minimum atomic E-state index is -0.406. The molecule has 0 amide bonds. The van der Waals surface area contributed by atoms with Crippen molar-refractivity contribution in [3.8, 4) is 5.75 Å². The minimum Gasteiger partial charge on any atom is -0.489 e. The predicted molar refractivity (Wildman–Crippen MR) is 111 cm³/mol. The van der Waals surface area contributed by atoms with Gasteiger partial charge in [0.15, 0.2) is 0 Å². The van der Waals surface area contributed by atoms with Crippen LogP contribution in [-0.4, -0.2) is 16.2 Å². The van der Waals surface area contributed by atoms with Crippen molar-refractivity contribution in [2.45, 2.75) is 62.8 Å². The van der Waals surface area contributed by atoms with Gasteiger partial charge < -0.3 is 15.2 Å². The van der Waals surface area contributed by atoms with Gasteiger partial charge in [-0.2, -0.15) is 0 Å². The molecule has 2 N–H and O–H groups in total. The van der Waals surface area contributed by atoms with Gasteiger partial charge in [0.25, 0.3) is 0 Å². The van der Waals surface area contributed by atoms with Crippen LogP contribution in [0.1, 0.15) is 49.7 Å². The molecule has 148 valence electrons. The van der Waals surface area contributed by atoms with Gasteiger partial charge in [-0.15, -0.1) is 0 Å². The number of nitrogens with one attached hydrogen (secondary N) is 1. The monoisotopic (exact) mass is 397 g/mol. The van der Waals surface area contributed by atoms with E-state index in [4.69, 9.17) is 16.3 Å². The molecule has 0 aromatic heterocycles. The number of ether oxygens (including phenoxy) is 1. The van der Waals surface area contributed by atoms with Gasteiger partial charge in [-0.1, -0.05) is 35.9 Å². The van der Waals surface area contributed by atoms with E-state index in [1.807, 2.05) is 36.4 Å². The molecule has 4 heteroatoms. The zero-order valence-corrected chi connectivity index (χ0v) is 16.9. The summed E-state index contributed by atoms with van der Waals surface area (Å²) < 4.78 is 5.88. The lowest BCUT2D eigenvalue weighted by molar-refractivity contribution is -0.142. The first-order valence-corrected chi connectivity index (χ1v) is 10.8. The lowest BCUT2D eigenvalue weighted by Crippen LogP contribution is -2.64. The van der Waals surface area contributed by atoms with E-state index < -0.39 is 5.60 Å². The van der Waals surface area contributed by atoms with Crippen LogP contribution in [0.5, 0.6) is 5.75 Å². The lowest BCUT2D eigenvalue weighted by atomic mass is 9.51. The molecule has 0 heterocycles. The van der Waals surface area contributed by atoms with Crippen molar-refractivity contribution >= 4 is 11.6 Å². The van der Waals surface area contributed by atoms with E-state index >= 15 is 0 Å². The molecular formula is C24H28ClNO2. The van der Waals surface area contributed by atoms with Crippen LogP contribution >= 0.6 is 11.6 Å². The molecule has 0 spiro atoms. The van der Waals surface area contributed by atoms with Gasteiger partial charge in [0.05, 0.1) is 5.60 Å². The van der Waals surface area contributed by atoms with Crippen LogP contribution < -0.4 is 10.1 Å². The average Bonchev–Trinajstić information content (AvgIpc) is 2.65. The standard InChI is InChI=1S/C24H28ClNO2/c25-21-5-1-18(2-6-21)15-28-22-7-3-17(4-8-22)14-26-23-10-19-9-20(11-23)13-24(27,12-19)16-23/h1-8,19-20,26-27H,9-16H2. The summed E-state index contributed by atoms with van der Waals surface area (Å²) in [7, 11) is 0. The zero-order chi connectivity index (χ0) is 19.2. The van der Waals surface area contributed by atoms with Crippen molar-refractivity contribution in [3.63, 3.8) is 0 Å². The highest BCUT2D eigenvalue weighted by Crippen LogP contribution is 2.57. The largest absolute Gasteiger partial charge is 0.489 e. The van der Waals surface area contributed by atoms with Crippen LogP contribution in [0.2, 0.25) is 5.02 Å². The van der Waals surface area contributed by atoms with E-state index in [-0.39, 0.29) is 5.54 Å². The lowest BCUT2D eigenvalue weighted by Gasteiger charge is -2.60. The molecule has 2 aromatic carbocycles. The Morgan fingerprint density at radius 2 is 1.57 bits per heavy atom. The smallest absolute Gasteiger partial charge is 0.119 e. The molecule has 6 rings (SSSR count). The number of rotatable bonds is 6. The predicted octanol–water partition coefficient (Wildman–Crippen LogP) is 5.09. The van der Waals surface area contributed by atoms with Gasteiger partial charge in [-0.3, -0.25) is 0 Å². The molecule has 0 saturated heterocycles. The summed E-state index contributed by atoms with van der Waals surface area (Å²) in [5.74, 6) is 2.30. The van der Waals surface area contributed by atoms with Crippen LogP contribution in [-0.2, 0) is 13.2 Å². The third-order valence-corrected chi connectivity index (χ3v) is 7.19. The molecule has 2 atom stereocenters. The van der Waals surface area contributed by atoms with Gasteiger partial charge in [0, 0.05) is 17.1 Å². The maximum Gasteiger partial charge on any atom is 0.119 e. The second-order valence-corrected chi connectivity index (χ2v) is 9.81. The van der Waals surface area contributed by atoms with Crippen LogP contribution in [0.3, 0.4) is 0 Å². The second-order valence-electron chi connectivity index (χ2n) is 9.38. The molecule has 3 nitrogen and oxygen atoms in total. The van der Waals surface area contributed by atoms with Gasteiger partial charge in [-0.05, 0) is 85.8 Å². The zero-order valence-electron chi connectivity index (χ0n) is 16.2. The van der Waals surface area contributed by atoms with E-state index in [1.54, 1.807) is 0 Å². The maximum absolute atomic E-state index is 10.9. The molecule has 4 bridgehead atoms. The molecule has 0 radical (unpaired) electrons. The Kier molecular flexibility index (Phi) is 4.65. The summed E-state index contributed by atoms with van der Waals surface area (Å²) in [6.07, 6.45) is 6.75. The van der Waals surface area contributed by atoms with E-state index in [0.717, 1.165) is 42.1 Å². The third-order valence-electron chi connectivity index (χ3n) is 6.94. The fraction of sp³-hybridized carbons (Fsp3) is 0.500. The van der Waals surface area contributed by atoms with Crippen molar-refractivity contribution in [3.05, 3.63) is 64.7 Å². The van der Waals surface area contributed by atoms with Crippen molar-refractivity contribution in [1.82, 2.24) is 5.32 Å². The normalized spacial score (nSPS) is 33.2. The maximum atomic E-state index is 10.9. The number of hydrogen-bond acceptors (Lipinski definition) is 3. The third kappa shape index (κ3) is 3.80. The fourth-order valence-corrected chi connectivity index (χ4v) is 6.29. The van der Waals surface area contributed by atoms with Crippen LogP contribution in [0.4, 0.5) is 0 Å². The summed E-state index contributed by atoms with van der Waals surface area (Å²) in [4.78, 5) is 0. The van der Waals surface area contributed by atoms with Gasteiger partial charge in [0.2, 0.25) is 0 Å². The Hall–Kier alpha value is -1.55. The summed E-state index contributed by atoms with van der Waals surface area (Å²) in [5.41, 5.74) is 2.11. The minimum absolute atomic E-state index is 0.141. The first kappa shape index (κ1) is 18.5. The van der Waals surface area contributed by atoms with Gasteiger partial charge >= 0.3 is 0 Å². The molecule has 28 heavy (non-hydrogen) atoms. The van der Waals surface area contributed by atoms with E-state index in [1.165, 1.54) is 24.8 Å².